The molecule has 0 saturated carbocycles. The van der Waals surface area contributed by atoms with Gasteiger partial charge in [-0.25, -0.2) is 8.78 Å². The van der Waals surface area contributed by atoms with Crippen LogP contribution in [0.3, 0.4) is 0 Å². The summed E-state index contributed by atoms with van der Waals surface area (Å²) in [6.45, 7) is -2.57. The van der Waals surface area contributed by atoms with Gasteiger partial charge in [0.1, 0.15) is 19.0 Å². The molecule has 2 aliphatic heterocycles. The molecule has 2 heterocycles. The Morgan fingerprint density at radius 1 is 1.06 bits per heavy atom. The Labute approximate surface area is 194 Å². The van der Waals surface area contributed by atoms with E-state index in [0.29, 0.717) is 0 Å². The number of hydrogen-bond donors (Lipinski definition) is 1. The van der Waals surface area contributed by atoms with Crippen LogP contribution in [0.15, 0.2) is 35.5 Å². The van der Waals surface area contributed by atoms with Gasteiger partial charge in [-0.15, -0.1) is 0 Å². The summed E-state index contributed by atoms with van der Waals surface area (Å²) in [7, 11) is -1.57. The summed E-state index contributed by atoms with van der Waals surface area (Å²) in [6, 6.07) is 5.89. The number of rotatable bonds is 4. The van der Waals surface area contributed by atoms with Crippen LogP contribution in [0.4, 0.5) is 22.0 Å². The molecule has 1 N–H and O–H groups in total. The molecule has 0 aliphatic carbocycles. The predicted octanol–water partition coefficient (Wildman–Crippen LogP) is 5.08. The molecule has 170 valence electrons. The number of benzene rings is 2. The van der Waals surface area contributed by atoms with Gasteiger partial charge >= 0.3 is 13.3 Å². The van der Waals surface area contributed by atoms with Crippen molar-refractivity contribution in [2.45, 2.75) is 23.8 Å². The maximum absolute atomic E-state index is 14.2. The molecule has 0 saturated heterocycles. The van der Waals surface area contributed by atoms with Crippen LogP contribution in [0, 0.1) is 0 Å². The van der Waals surface area contributed by atoms with Crippen LogP contribution < -0.4 is 5.46 Å². The third-order valence-corrected chi connectivity index (χ3v) is 6.75. The zero-order chi connectivity index (χ0) is 23.5. The molecule has 13 heteroatoms. The van der Waals surface area contributed by atoms with Crippen LogP contribution in [0.2, 0.25) is 15.1 Å². The van der Waals surface area contributed by atoms with Crippen molar-refractivity contribution in [3.63, 3.8) is 0 Å². The van der Waals surface area contributed by atoms with Crippen molar-refractivity contribution < 1.29 is 36.5 Å². The SMILES string of the molecule is OB1OC(CF)(CF)c2cc(C3=NOC(c4cc(Cl)c(Cl)c(Cl)c4)(C(F)(F)F)C3)ccc21. The number of halogens is 8. The lowest BCUT2D eigenvalue weighted by Crippen LogP contribution is -2.42. The van der Waals surface area contributed by atoms with Gasteiger partial charge in [0.2, 0.25) is 0 Å². The summed E-state index contributed by atoms with van der Waals surface area (Å²) >= 11 is 17.7. The number of nitrogens with zero attached hydrogens (tertiary/aromatic N) is 1. The van der Waals surface area contributed by atoms with Crippen molar-refractivity contribution in [2.75, 3.05) is 13.3 Å². The molecule has 1 atom stereocenters. The van der Waals surface area contributed by atoms with Crippen LogP contribution in [-0.2, 0) is 20.7 Å². The molecule has 32 heavy (non-hydrogen) atoms. The number of hydrogen-bond acceptors (Lipinski definition) is 4. The first-order chi connectivity index (χ1) is 15.0. The van der Waals surface area contributed by atoms with E-state index in [9.17, 15) is 27.0 Å². The van der Waals surface area contributed by atoms with Crippen molar-refractivity contribution in [1.29, 1.82) is 0 Å². The average molecular weight is 514 g/mol. The first-order valence-electron chi connectivity index (χ1n) is 9.07. The number of alkyl halides is 5. The monoisotopic (exact) mass is 513 g/mol. The van der Waals surface area contributed by atoms with Crippen LogP contribution >= 0.6 is 34.8 Å². The van der Waals surface area contributed by atoms with E-state index in [-0.39, 0.29) is 37.4 Å². The fourth-order valence-electron chi connectivity index (χ4n) is 3.78. The van der Waals surface area contributed by atoms with E-state index in [0.717, 1.165) is 12.1 Å². The molecule has 4 nitrogen and oxygen atoms in total. The number of oxime groups is 1. The van der Waals surface area contributed by atoms with Crippen LogP contribution in [0.1, 0.15) is 23.1 Å². The molecule has 0 bridgehead atoms. The Bertz CT molecular complexity index is 1090. The quantitative estimate of drug-likeness (QED) is 0.352. The van der Waals surface area contributed by atoms with Crippen molar-refractivity contribution in [1.82, 2.24) is 0 Å². The molecule has 0 amide bonds. The summed E-state index contributed by atoms with van der Waals surface area (Å²) in [5, 5.41) is 13.1. The first-order valence-corrected chi connectivity index (χ1v) is 10.2. The smallest absolute Gasteiger partial charge is 0.423 e. The highest BCUT2D eigenvalue weighted by atomic mass is 35.5. The van der Waals surface area contributed by atoms with E-state index in [4.69, 9.17) is 44.3 Å². The van der Waals surface area contributed by atoms with E-state index in [1.165, 1.54) is 18.2 Å². The average Bonchev–Trinajstić information content (AvgIpc) is 3.32. The van der Waals surface area contributed by atoms with Gasteiger partial charge in [-0.2, -0.15) is 13.2 Å². The molecular formula is C19H12BCl3F5NO3. The first kappa shape index (κ1) is 23.6. The van der Waals surface area contributed by atoms with E-state index < -0.39 is 49.8 Å². The van der Waals surface area contributed by atoms with Crippen molar-refractivity contribution in [2.24, 2.45) is 5.16 Å². The van der Waals surface area contributed by atoms with Gasteiger partial charge in [0.15, 0.2) is 0 Å². The van der Waals surface area contributed by atoms with Crippen molar-refractivity contribution >= 4 is 53.1 Å². The van der Waals surface area contributed by atoms with Gasteiger partial charge in [0.25, 0.3) is 5.60 Å². The zero-order valence-corrected chi connectivity index (χ0v) is 18.1. The Kier molecular flexibility index (Phi) is 5.91. The molecule has 1 unspecified atom stereocenters. The lowest BCUT2D eigenvalue weighted by Gasteiger charge is -2.30. The van der Waals surface area contributed by atoms with E-state index >= 15 is 0 Å². The Hall–Kier alpha value is -1.59. The molecule has 0 radical (unpaired) electrons. The van der Waals surface area contributed by atoms with Crippen LogP contribution in [0.5, 0.6) is 0 Å². The fraction of sp³-hybridized carbons (Fsp3) is 0.316. The zero-order valence-electron chi connectivity index (χ0n) is 15.8. The van der Waals surface area contributed by atoms with Crippen molar-refractivity contribution in [3.8, 4) is 0 Å². The van der Waals surface area contributed by atoms with E-state index in [1.54, 1.807) is 0 Å². The molecule has 4 rings (SSSR count). The third-order valence-electron chi connectivity index (χ3n) is 5.55. The Morgan fingerprint density at radius 3 is 2.25 bits per heavy atom. The summed E-state index contributed by atoms with van der Waals surface area (Å²) in [6.07, 6.45) is -5.71. The van der Waals surface area contributed by atoms with Gasteiger partial charge in [0, 0.05) is 12.0 Å². The predicted molar refractivity (Wildman–Crippen MR) is 110 cm³/mol. The van der Waals surface area contributed by atoms with Gasteiger partial charge in [-0.1, -0.05) is 52.1 Å². The largest absolute Gasteiger partial charge is 0.492 e. The molecule has 0 aromatic heterocycles. The minimum atomic E-state index is -4.93. The second-order valence-electron chi connectivity index (χ2n) is 7.42. The lowest BCUT2D eigenvalue weighted by atomic mass is 9.77. The molecule has 2 aromatic carbocycles. The summed E-state index contributed by atoms with van der Waals surface area (Å²) in [4.78, 5) is 4.93. The standard InChI is InChI=1S/C19H12BCl3F5NO3/c21-13-4-10(5-14(22)16(13)23)18(19(26,27)28)6-15(29-32-18)9-1-2-12-11(3-9)17(7-24,8-25)31-20(12)30/h1-5,30H,6-8H2. The second kappa shape index (κ2) is 8.02. The highest BCUT2D eigenvalue weighted by Crippen LogP contribution is 2.50. The number of fused-ring (bicyclic) bond motifs is 1. The van der Waals surface area contributed by atoms with E-state index in [2.05, 4.69) is 5.16 Å². The van der Waals surface area contributed by atoms with Gasteiger partial charge < -0.3 is 14.5 Å². The van der Waals surface area contributed by atoms with Crippen molar-refractivity contribution in [3.05, 3.63) is 62.1 Å². The van der Waals surface area contributed by atoms with Crippen LogP contribution in [0.25, 0.3) is 0 Å². The molecule has 2 aliphatic rings. The molecule has 2 aromatic rings. The highest BCUT2D eigenvalue weighted by molar-refractivity contribution is 6.62. The minimum Gasteiger partial charge on any atom is -0.423 e. The topological polar surface area (TPSA) is 51.0 Å². The van der Waals surface area contributed by atoms with Gasteiger partial charge in [-0.05, 0) is 34.8 Å². The minimum absolute atomic E-state index is 0.0164. The normalized spacial score (nSPS) is 22.0. The Morgan fingerprint density at radius 2 is 1.69 bits per heavy atom. The molecule has 0 spiro atoms. The summed E-state index contributed by atoms with van der Waals surface area (Å²) in [5.74, 6) is 0. The summed E-state index contributed by atoms with van der Waals surface area (Å²) < 4.78 is 74.8. The lowest BCUT2D eigenvalue weighted by molar-refractivity contribution is -0.275. The summed E-state index contributed by atoms with van der Waals surface area (Å²) in [5.41, 5.74) is -5.30. The van der Waals surface area contributed by atoms with Gasteiger partial charge in [-0.3, -0.25) is 0 Å². The maximum Gasteiger partial charge on any atom is 0.492 e. The molecular weight excluding hydrogens is 502 g/mol. The Balaban J connectivity index is 1.76. The third kappa shape index (κ3) is 3.47. The van der Waals surface area contributed by atoms with Crippen LogP contribution in [-0.4, -0.2) is 37.4 Å². The van der Waals surface area contributed by atoms with E-state index in [1.807, 2.05) is 0 Å². The maximum atomic E-state index is 14.2. The molecule has 0 fully saturated rings. The fourth-order valence-corrected chi connectivity index (χ4v) is 4.37. The van der Waals surface area contributed by atoms with Gasteiger partial charge in [0.05, 0.1) is 20.8 Å². The second-order valence-corrected chi connectivity index (χ2v) is 8.61. The highest BCUT2D eigenvalue weighted by Gasteiger charge is 2.62.